The van der Waals surface area contributed by atoms with Gasteiger partial charge >= 0.3 is 0 Å². The molecule has 0 atom stereocenters. The molecule has 0 heterocycles. The van der Waals surface area contributed by atoms with E-state index in [2.05, 4.69) is 31.9 Å². The molecule has 0 N–H and O–H groups in total. The van der Waals surface area contributed by atoms with E-state index in [1.165, 1.54) is 6.08 Å². The molecule has 4 heteroatoms. The third-order valence-corrected chi connectivity index (χ3v) is 1.75. The SMILES string of the molecule is N#CC(Br)(C#N)/C=C/CBr. The maximum absolute atomic E-state index is 8.43. The molecule has 0 rings (SSSR count). The molecule has 0 saturated carbocycles. The summed E-state index contributed by atoms with van der Waals surface area (Å²) in [6, 6.07) is 3.62. The summed E-state index contributed by atoms with van der Waals surface area (Å²) in [5, 5.41) is 17.5. The van der Waals surface area contributed by atoms with E-state index in [1.807, 2.05) is 12.1 Å². The summed E-state index contributed by atoms with van der Waals surface area (Å²) >= 11 is 6.09. The van der Waals surface area contributed by atoms with Crippen LogP contribution in [-0.4, -0.2) is 9.65 Å². The molecular weight excluding hydrogens is 260 g/mol. The predicted octanol–water partition coefficient (Wildman–Crippen LogP) is 2.12. The highest BCUT2D eigenvalue weighted by molar-refractivity contribution is 9.10. The Labute approximate surface area is 76.4 Å². The molecular formula is C6H4Br2N2. The fourth-order valence-corrected chi connectivity index (χ4v) is 0.680. The zero-order valence-electron chi connectivity index (χ0n) is 5.01. The average Bonchev–Trinajstić information content (AvgIpc) is 2.00. The van der Waals surface area contributed by atoms with E-state index in [9.17, 15) is 0 Å². The lowest BCUT2D eigenvalue weighted by Gasteiger charge is -1.99. The average molecular weight is 264 g/mol. The summed E-state index contributed by atoms with van der Waals surface area (Å²) in [4.78, 5) is 0. The number of hydrogen-bond acceptors (Lipinski definition) is 2. The van der Waals surface area contributed by atoms with E-state index < -0.39 is 4.32 Å². The zero-order valence-corrected chi connectivity index (χ0v) is 8.18. The van der Waals surface area contributed by atoms with E-state index in [-0.39, 0.29) is 0 Å². The van der Waals surface area contributed by atoms with Crippen LogP contribution in [0.3, 0.4) is 0 Å². The maximum atomic E-state index is 8.43. The third-order valence-electron chi connectivity index (χ3n) is 0.762. The van der Waals surface area contributed by atoms with E-state index in [0.717, 1.165) is 0 Å². The largest absolute Gasteiger partial charge is 0.215 e. The normalized spacial score (nSPS) is 10.8. The minimum Gasteiger partial charge on any atom is -0.195 e. The van der Waals surface area contributed by atoms with Crippen molar-refractivity contribution in [2.24, 2.45) is 0 Å². The van der Waals surface area contributed by atoms with Crippen molar-refractivity contribution in [3.8, 4) is 12.1 Å². The summed E-state index contributed by atoms with van der Waals surface area (Å²) < 4.78 is -1.15. The van der Waals surface area contributed by atoms with Crippen molar-refractivity contribution in [1.82, 2.24) is 0 Å². The van der Waals surface area contributed by atoms with E-state index in [4.69, 9.17) is 10.5 Å². The van der Waals surface area contributed by atoms with Gasteiger partial charge in [0.15, 0.2) is 0 Å². The van der Waals surface area contributed by atoms with Gasteiger partial charge in [0.25, 0.3) is 0 Å². The Morgan fingerprint density at radius 2 is 1.90 bits per heavy atom. The first kappa shape index (κ1) is 9.68. The molecule has 0 unspecified atom stereocenters. The zero-order chi connectivity index (χ0) is 8.04. The van der Waals surface area contributed by atoms with Crippen molar-refractivity contribution in [2.75, 3.05) is 5.33 Å². The Balaban J connectivity index is 4.28. The van der Waals surface area contributed by atoms with Gasteiger partial charge in [0.1, 0.15) is 12.1 Å². The van der Waals surface area contributed by atoms with Crippen molar-refractivity contribution in [1.29, 1.82) is 10.5 Å². The first-order valence-electron chi connectivity index (χ1n) is 2.43. The molecule has 2 nitrogen and oxygen atoms in total. The Morgan fingerprint density at radius 3 is 2.20 bits per heavy atom. The molecule has 0 radical (unpaired) electrons. The van der Waals surface area contributed by atoms with Crippen molar-refractivity contribution < 1.29 is 0 Å². The third kappa shape index (κ3) is 3.00. The van der Waals surface area contributed by atoms with Gasteiger partial charge in [-0.25, -0.2) is 0 Å². The highest BCUT2D eigenvalue weighted by Crippen LogP contribution is 2.17. The Kier molecular flexibility index (Phi) is 4.34. The van der Waals surface area contributed by atoms with E-state index >= 15 is 0 Å². The van der Waals surface area contributed by atoms with Crippen LogP contribution in [0.1, 0.15) is 0 Å². The molecule has 0 saturated heterocycles. The molecule has 0 aromatic heterocycles. The van der Waals surface area contributed by atoms with Gasteiger partial charge in [0, 0.05) is 5.33 Å². The van der Waals surface area contributed by atoms with Gasteiger partial charge in [-0.1, -0.05) is 22.0 Å². The number of rotatable bonds is 2. The van der Waals surface area contributed by atoms with Crippen LogP contribution in [0.5, 0.6) is 0 Å². The highest BCUT2D eigenvalue weighted by atomic mass is 79.9. The van der Waals surface area contributed by atoms with Crippen LogP contribution >= 0.6 is 31.9 Å². The maximum Gasteiger partial charge on any atom is 0.215 e. The molecule has 0 aromatic carbocycles. The lowest BCUT2D eigenvalue weighted by molar-refractivity contribution is 1.17. The second-order valence-electron chi connectivity index (χ2n) is 1.49. The first-order chi connectivity index (χ1) is 4.68. The summed E-state index contributed by atoms with van der Waals surface area (Å²) in [7, 11) is 0. The van der Waals surface area contributed by atoms with E-state index in [0.29, 0.717) is 5.33 Å². The second-order valence-corrected chi connectivity index (χ2v) is 3.39. The van der Waals surface area contributed by atoms with Crippen molar-refractivity contribution in [3.63, 3.8) is 0 Å². The van der Waals surface area contributed by atoms with Gasteiger partial charge in [-0.05, 0) is 22.0 Å². The fourth-order valence-electron chi connectivity index (χ4n) is 0.306. The Morgan fingerprint density at radius 1 is 1.40 bits per heavy atom. The van der Waals surface area contributed by atoms with Crippen LogP contribution in [0.4, 0.5) is 0 Å². The van der Waals surface area contributed by atoms with Gasteiger partial charge in [-0.15, -0.1) is 0 Å². The van der Waals surface area contributed by atoms with Crippen LogP contribution in [-0.2, 0) is 0 Å². The predicted molar refractivity (Wildman–Crippen MR) is 45.8 cm³/mol. The van der Waals surface area contributed by atoms with Crippen LogP contribution in [0.2, 0.25) is 0 Å². The number of alkyl halides is 2. The van der Waals surface area contributed by atoms with Crippen molar-refractivity contribution in [3.05, 3.63) is 12.2 Å². The quantitative estimate of drug-likeness (QED) is 0.566. The van der Waals surface area contributed by atoms with Crippen molar-refractivity contribution in [2.45, 2.75) is 4.32 Å². The number of hydrogen-bond donors (Lipinski definition) is 0. The standard InChI is InChI=1S/C6H4Br2N2/c7-3-1-2-6(8,4-9)5-10/h1-2H,3H2/b2-1+. The van der Waals surface area contributed by atoms with Crippen molar-refractivity contribution >= 4 is 31.9 Å². The number of nitriles is 2. The summed E-state index contributed by atoms with van der Waals surface area (Å²) in [5.74, 6) is 0. The molecule has 0 aromatic rings. The molecule has 0 aliphatic rings. The van der Waals surface area contributed by atoms with Gasteiger partial charge in [-0.3, -0.25) is 0 Å². The fraction of sp³-hybridized carbons (Fsp3) is 0.333. The smallest absolute Gasteiger partial charge is 0.195 e. The summed E-state index contributed by atoms with van der Waals surface area (Å²) in [6.45, 7) is 0. The lowest BCUT2D eigenvalue weighted by atomic mass is 10.2. The Bertz CT molecular complexity index is 195. The minimum absolute atomic E-state index is 0.643. The van der Waals surface area contributed by atoms with Crippen LogP contribution in [0.25, 0.3) is 0 Å². The molecule has 0 spiro atoms. The van der Waals surface area contributed by atoms with Gasteiger partial charge in [-0.2, -0.15) is 10.5 Å². The molecule has 0 aliphatic carbocycles. The van der Waals surface area contributed by atoms with Crippen LogP contribution < -0.4 is 0 Å². The summed E-state index contributed by atoms with van der Waals surface area (Å²) in [5.41, 5.74) is 0. The minimum atomic E-state index is -1.15. The number of halogens is 2. The number of allylic oxidation sites excluding steroid dienone is 2. The van der Waals surface area contributed by atoms with Gasteiger partial charge in [0.05, 0.1) is 0 Å². The molecule has 0 amide bonds. The highest BCUT2D eigenvalue weighted by Gasteiger charge is 2.20. The van der Waals surface area contributed by atoms with E-state index in [1.54, 1.807) is 6.08 Å². The molecule has 10 heavy (non-hydrogen) atoms. The summed E-state index contributed by atoms with van der Waals surface area (Å²) in [6.07, 6.45) is 3.20. The van der Waals surface area contributed by atoms with Crippen LogP contribution in [0, 0.1) is 22.7 Å². The molecule has 52 valence electrons. The first-order valence-corrected chi connectivity index (χ1v) is 4.35. The van der Waals surface area contributed by atoms with Gasteiger partial charge < -0.3 is 0 Å². The molecule has 0 fully saturated rings. The van der Waals surface area contributed by atoms with Gasteiger partial charge in [0.2, 0.25) is 4.32 Å². The topological polar surface area (TPSA) is 47.6 Å². The lowest BCUT2D eigenvalue weighted by Crippen LogP contribution is -2.09. The monoisotopic (exact) mass is 262 g/mol. The molecule has 0 aliphatic heterocycles. The molecule has 0 bridgehead atoms. The Hall–Kier alpha value is -0.320. The second kappa shape index (κ2) is 4.49. The van der Waals surface area contributed by atoms with Crippen LogP contribution in [0.15, 0.2) is 12.2 Å². The number of nitrogens with zero attached hydrogens (tertiary/aromatic N) is 2.